The lowest BCUT2D eigenvalue weighted by Crippen LogP contribution is -2.48. The summed E-state index contributed by atoms with van der Waals surface area (Å²) in [6.07, 6.45) is 0. The summed E-state index contributed by atoms with van der Waals surface area (Å²) >= 11 is 0. The van der Waals surface area contributed by atoms with Crippen molar-refractivity contribution in [3.05, 3.63) is 24.3 Å². The van der Waals surface area contributed by atoms with Crippen LogP contribution in [0, 0.1) is 0 Å². The lowest BCUT2D eigenvalue weighted by molar-refractivity contribution is -0.118. The van der Waals surface area contributed by atoms with Gasteiger partial charge in [-0.05, 0) is 24.7 Å². The lowest BCUT2D eigenvalue weighted by atomic mass is 10.2. The topological polar surface area (TPSA) is 105 Å². The molecule has 1 atom stereocenters. The van der Waals surface area contributed by atoms with Crippen LogP contribution in [-0.4, -0.2) is 76.0 Å². The summed E-state index contributed by atoms with van der Waals surface area (Å²) in [5.41, 5.74) is 6.07. The van der Waals surface area contributed by atoms with Gasteiger partial charge in [-0.25, -0.2) is 8.42 Å². The maximum absolute atomic E-state index is 12.8. The molecule has 140 valence electrons. The van der Waals surface area contributed by atoms with Gasteiger partial charge in [-0.2, -0.15) is 4.31 Å². The molecule has 1 aliphatic heterocycles. The molecule has 0 aromatic heterocycles. The van der Waals surface area contributed by atoms with Crippen LogP contribution in [0.5, 0.6) is 0 Å². The van der Waals surface area contributed by atoms with Crippen LogP contribution >= 0.6 is 0 Å². The van der Waals surface area contributed by atoms with Crippen LogP contribution in [0.15, 0.2) is 29.2 Å². The molecule has 0 aliphatic carbocycles. The largest absolute Gasteiger partial charge is 0.383 e. The average Bonchev–Trinajstić information content (AvgIpc) is 2.62. The van der Waals surface area contributed by atoms with Gasteiger partial charge in [0.25, 0.3) is 0 Å². The Bertz CT molecular complexity index is 687. The maximum atomic E-state index is 12.8. The fourth-order valence-corrected chi connectivity index (χ4v) is 4.13. The number of amides is 1. The molecule has 1 heterocycles. The summed E-state index contributed by atoms with van der Waals surface area (Å²) in [7, 11) is -2.13. The maximum Gasteiger partial charge on any atom is 0.243 e. The van der Waals surface area contributed by atoms with Crippen molar-refractivity contribution in [2.24, 2.45) is 5.73 Å². The van der Waals surface area contributed by atoms with Crippen molar-refractivity contribution >= 4 is 21.6 Å². The number of carbonyl (C=O) groups is 1. The van der Waals surface area contributed by atoms with E-state index in [0.717, 1.165) is 19.6 Å². The Hall–Kier alpha value is -1.52. The predicted molar refractivity (Wildman–Crippen MR) is 95.8 cm³/mol. The van der Waals surface area contributed by atoms with E-state index in [1.54, 1.807) is 12.1 Å². The van der Waals surface area contributed by atoms with E-state index in [4.69, 9.17) is 10.5 Å². The Morgan fingerprint density at radius 3 is 2.60 bits per heavy atom. The summed E-state index contributed by atoms with van der Waals surface area (Å²) in [5.74, 6) is -0.423. The van der Waals surface area contributed by atoms with E-state index < -0.39 is 22.0 Å². The Morgan fingerprint density at radius 2 is 2.00 bits per heavy atom. The van der Waals surface area contributed by atoms with Crippen LogP contribution < -0.4 is 11.1 Å². The number of sulfonamides is 1. The van der Waals surface area contributed by atoms with Crippen LogP contribution in [0.25, 0.3) is 0 Å². The quantitative estimate of drug-likeness (QED) is 0.696. The first kappa shape index (κ1) is 19.8. The van der Waals surface area contributed by atoms with Crippen LogP contribution in [0.2, 0.25) is 0 Å². The second-order valence-electron chi connectivity index (χ2n) is 5.92. The summed E-state index contributed by atoms with van der Waals surface area (Å²) in [4.78, 5) is 14.3. The van der Waals surface area contributed by atoms with Gasteiger partial charge >= 0.3 is 0 Å². The summed E-state index contributed by atoms with van der Waals surface area (Å²) in [5, 5.41) is 2.62. The highest BCUT2D eigenvalue weighted by Crippen LogP contribution is 2.21. The van der Waals surface area contributed by atoms with E-state index in [-0.39, 0.29) is 11.5 Å². The lowest BCUT2D eigenvalue weighted by Gasteiger charge is -2.33. The molecular weight excluding hydrogens is 344 g/mol. The van der Waals surface area contributed by atoms with Crippen molar-refractivity contribution in [1.29, 1.82) is 0 Å². The highest BCUT2D eigenvalue weighted by atomic mass is 32.2. The molecule has 1 saturated heterocycles. The molecule has 1 aliphatic rings. The van der Waals surface area contributed by atoms with Crippen molar-refractivity contribution in [1.82, 2.24) is 9.21 Å². The molecule has 0 radical (unpaired) electrons. The standard InChI is InChI=1S/C16H26N4O4S/c1-3-19-7-9-20(10-8-19)25(22,23)14-6-4-5-13(11-14)18-16(21)15(17)12-24-2/h4-6,11,15H,3,7-10,12,17H2,1-2H3,(H,18,21). The number of piperazine rings is 1. The molecule has 0 bridgehead atoms. The number of hydrogen-bond acceptors (Lipinski definition) is 6. The number of anilines is 1. The molecule has 25 heavy (non-hydrogen) atoms. The number of hydrogen-bond donors (Lipinski definition) is 2. The zero-order chi connectivity index (χ0) is 18.4. The molecule has 1 aromatic rings. The first-order chi connectivity index (χ1) is 11.9. The predicted octanol–water partition coefficient (Wildman–Crippen LogP) is -0.0750. The van der Waals surface area contributed by atoms with Gasteiger partial charge in [-0.1, -0.05) is 13.0 Å². The number of methoxy groups -OCH3 is 1. The zero-order valence-electron chi connectivity index (χ0n) is 14.6. The molecule has 8 nitrogen and oxygen atoms in total. The molecule has 1 unspecified atom stereocenters. The number of nitrogens with zero attached hydrogens (tertiary/aromatic N) is 2. The SMILES string of the molecule is CCN1CCN(S(=O)(=O)c2cccc(NC(=O)C(N)COC)c2)CC1. The number of nitrogens with one attached hydrogen (secondary N) is 1. The van der Waals surface area contributed by atoms with E-state index >= 15 is 0 Å². The van der Waals surface area contributed by atoms with Crippen molar-refractivity contribution < 1.29 is 17.9 Å². The second-order valence-corrected chi connectivity index (χ2v) is 7.86. The Morgan fingerprint density at radius 1 is 1.32 bits per heavy atom. The van der Waals surface area contributed by atoms with Gasteiger partial charge in [0.05, 0.1) is 11.5 Å². The van der Waals surface area contributed by atoms with Gasteiger partial charge in [0.2, 0.25) is 15.9 Å². The van der Waals surface area contributed by atoms with Crippen LogP contribution in [-0.2, 0) is 19.6 Å². The third-order valence-electron chi connectivity index (χ3n) is 4.20. The molecule has 0 spiro atoms. The minimum absolute atomic E-state index is 0.0888. The van der Waals surface area contributed by atoms with Crippen LogP contribution in [0.1, 0.15) is 6.92 Å². The molecule has 1 fully saturated rings. The smallest absolute Gasteiger partial charge is 0.243 e. The molecule has 1 amide bonds. The molecule has 3 N–H and O–H groups in total. The third kappa shape index (κ3) is 4.99. The monoisotopic (exact) mass is 370 g/mol. The Labute approximate surface area is 149 Å². The summed E-state index contributed by atoms with van der Waals surface area (Å²) in [6, 6.07) is 5.41. The van der Waals surface area contributed by atoms with E-state index in [1.807, 2.05) is 0 Å². The fourth-order valence-electron chi connectivity index (χ4n) is 2.66. The number of nitrogens with two attached hydrogens (primary N) is 1. The number of ether oxygens (including phenoxy) is 1. The highest BCUT2D eigenvalue weighted by molar-refractivity contribution is 7.89. The summed E-state index contributed by atoms with van der Waals surface area (Å²) < 4.78 is 31.9. The van der Waals surface area contributed by atoms with Gasteiger partial charge in [-0.3, -0.25) is 4.79 Å². The third-order valence-corrected chi connectivity index (χ3v) is 6.10. The molecular formula is C16H26N4O4S. The van der Waals surface area contributed by atoms with Crippen molar-refractivity contribution in [2.45, 2.75) is 17.9 Å². The fraction of sp³-hybridized carbons (Fsp3) is 0.562. The van der Waals surface area contributed by atoms with Gasteiger partial charge < -0.3 is 20.7 Å². The van der Waals surface area contributed by atoms with Crippen LogP contribution in [0.4, 0.5) is 5.69 Å². The van der Waals surface area contributed by atoms with Crippen molar-refractivity contribution in [2.75, 3.05) is 51.8 Å². The second kappa shape index (κ2) is 8.72. The normalized spacial score (nSPS) is 18.0. The van der Waals surface area contributed by atoms with E-state index in [9.17, 15) is 13.2 Å². The molecule has 9 heteroatoms. The van der Waals surface area contributed by atoms with Gasteiger partial charge in [0.15, 0.2) is 0 Å². The van der Waals surface area contributed by atoms with Crippen LogP contribution in [0.3, 0.4) is 0 Å². The van der Waals surface area contributed by atoms with E-state index in [1.165, 1.54) is 23.5 Å². The zero-order valence-corrected chi connectivity index (χ0v) is 15.5. The number of carbonyl (C=O) groups excluding carboxylic acids is 1. The highest BCUT2D eigenvalue weighted by Gasteiger charge is 2.28. The van der Waals surface area contributed by atoms with Gasteiger partial charge in [0, 0.05) is 39.0 Å². The van der Waals surface area contributed by atoms with E-state index in [0.29, 0.717) is 18.8 Å². The number of benzene rings is 1. The minimum Gasteiger partial charge on any atom is -0.383 e. The number of rotatable bonds is 7. The Kier molecular flexibility index (Phi) is 6.91. The van der Waals surface area contributed by atoms with Crippen molar-refractivity contribution in [3.63, 3.8) is 0 Å². The minimum atomic E-state index is -3.58. The van der Waals surface area contributed by atoms with Crippen molar-refractivity contribution in [3.8, 4) is 0 Å². The molecule has 0 saturated carbocycles. The van der Waals surface area contributed by atoms with E-state index in [2.05, 4.69) is 17.1 Å². The number of likely N-dealkylation sites (N-methyl/N-ethyl adjacent to an activating group) is 1. The molecule has 2 rings (SSSR count). The van der Waals surface area contributed by atoms with Gasteiger partial charge in [-0.15, -0.1) is 0 Å². The first-order valence-corrected chi connectivity index (χ1v) is 9.70. The Balaban J connectivity index is 2.10. The molecule has 1 aromatic carbocycles. The average molecular weight is 370 g/mol. The summed E-state index contributed by atoms with van der Waals surface area (Å²) in [6.45, 7) is 5.43. The first-order valence-electron chi connectivity index (χ1n) is 8.26. The van der Waals surface area contributed by atoms with Gasteiger partial charge in [0.1, 0.15) is 6.04 Å².